The zero-order chi connectivity index (χ0) is 13.1. The summed E-state index contributed by atoms with van der Waals surface area (Å²) in [6.45, 7) is 0. The van der Waals surface area contributed by atoms with Crippen LogP contribution in [0.25, 0.3) is 0 Å². The first kappa shape index (κ1) is 14.2. The number of amides is 1. The van der Waals surface area contributed by atoms with E-state index in [0.29, 0.717) is 10.6 Å². The Hall–Kier alpha value is -0.250. The predicted octanol–water partition coefficient (Wildman–Crippen LogP) is 4.44. The minimum Gasteiger partial charge on any atom is -0.352 e. The molecule has 1 aromatic carbocycles. The van der Waals surface area contributed by atoms with E-state index in [0.717, 1.165) is 17.3 Å². The van der Waals surface area contributed by atoms with Gasteiger partial charge in [0, 0.05) is 15.5 Å². The molecule has 0 radical (unpaired) electrons. The van der Waals surface area contributed by atoms with E-state index >= 15 is 0 Å². The second-order valence-electron chi connectivity index (χ2n) is 4.52. The molecule has 0 spiro atoms. The average molecular weight is 351 g/mol. The summed E-state index contributed by atoms with van der Waals surface area (Å²) >= 11 is 15.6. The van der Waals surface area contributed by atoms with Gasteiger partial charge in [0.05, 0.1) is 0 Å². The fraction of sp³-hybridized carbons (Fsp3) is 0.462. The molecule has 1 fully saturated rings. The van der Waals surface area contributed by atoms with Crippen LogP contribution in [0.4, 0.5) is 0 Å². The second kappa shape index (κ2) is 6.27. The molecule has 1 N–H and O–H groups in total. The maximum atomic E-state index is 12.0. The van der Waals surface area contributed by atoms with E-state index < -0.39 is 5.38 Å². The molecule has 0 aromatic heterocycles. The van der Waals surface area contributed by atoms with Crippen LogP contribution in [0.5, 0.6) is 0 Å². The smallest absolute Gasteiger partial charge is 0.242 e. The molecular weight excluding hydrogens is 337 g/mol. The van der Waals surface area contributed by atoms with E-state index in [9.17, 15) is 4.79 Å². The van der Waals surface area contributed by atoms with Crippen LogP contribution >= 0.6 is 39.1 Å². The van der Waals surface area contributed by atoms with Crippen molar-refractivity contribution in [3.63, 3.8) is 0 Å². The van der Waals surface area contributed by atoms with Crippen LogP contribution in [0.2, 0.25) is 5.02 Å². The highest BCUT2D eigenvalue weighted by molar-refractivity contribution is 9.10. The van der Waals surface area contributed by atoms with Gasteiger partial charge in [-0.15, -0.1) is 11.6 Å². The highest BCUT2D eigenvalue weighted by Gasteiger charge is 2.24. The van der Waals surface area contributed by atoms with Crippen LogP contribution in [0.3, 0.4) is 0 Å². The molecule has 5 heteroatoms. The summed E-state index contributed by atoms with van der Waals surface area (Å²) in [5.74, 6) is -0.159. The molecule has 1 atom stereocenters. The Balaban J connectivity index is 2.05. The maximum absolute atomic E-state index is 12.0. The van der Waals surface area contributed by atoms with Crippen LogP contribution < -0.4 is 5.32 Å². The Bertz CT molecular complexity index is 447. The van der Waals surface area contributed by atoms with E-state index in [1.54, 1.807) is 12.1 Å². The summed E-state index contributed by atoms with van der Waals surface area (Å²) in [5.41, 5.74) is 0.650. The number of hydrogen-bond donors (Lipinski definition) is 1. The van der Waals surface area contributed by atoms with Crippen molar-refractivity contribution in [1.82, 2.24) is 5.32 Å². The van der Waals surface area contributed by atoms with Crippen LogP contribution in [-0.2, 0) is 4.79 Å². The van der Waals surface area contributed by atoms with Gasteiger partial charge in [-0.2, -0.15) is 0 Å². The summed E-state index contributed by atoms with van der Waals surface area (Å²) in [6.07, 6.45) is 4.45. The SMILES string of the molecule is O=C(NC1CCCC1)C(Cl)c1ccc(Br)cc1Cl. The number of benzene rings is 1. The maximum Gasteiger partial charge on any atom is 0.242 e. The third-order valence-corrected chi connectivity index (χ3v) is 4.42. The van der Waals surface area contributed by atoms with E-state index in [-0.39, 0.29) is 11.9 Å². The van der Waals surface area contributed by atoms with Crippen molar-refractivity contribution in [1.29, 1.82) is 0 Å². The molecule has 2 rings (SSSR count). The number of rotatable bonds is 3. The van der Waals surface area contributed by atoms with Crippen molar-refractivity contribution < 1.29 is 4.79 Å². The van der Waals surface area contributed by atoms with Crippen LogP contribution in [0.1, 0.15) is 36.6 Å². The normalized spacial score (nSPS) is 17.7. The van der Waals surface area contributed by atoms with E-state index in [2.05, 4.69) is 21.2 Å². The topological polar surface area (TPSA) is 29.1 Å². The molecule has 1 aliphatic rings. The van der Waals surface area contributed by atoms with Crippen molar-refractivity contribution in [2.75, 3.05) is 0 Å². The molecule has 1 saturated carbocycles. The Morgan fingerprint density at radius 3 is 2.67 bits per heavy atom. The molecular formula is C13H14BrCl2NO. The molecule has 98 valence electrons. The van der Waals surface area contributed by atoms with Gasteiger partial charge in [-0.25, -0.2) is 0 Å². The number of carbonyl (C=O) groups is 1. The van der Waals surface area contributed by atoms with Gasteiger partial charge >= 0.3 is 0 Å². The lowest BCUT2D eigenvalue weighted by Gasteiger charge is -2.16. The Morgan fingerprint density at radius 1 is 1.39 bits per heavy atom. The Labute approximate surface area is 125 Å². The highest BCUT2D eigenvalue weighted by Crippen LogP contribution is 2.31. The number of halogens is 3. The molecule has 1 aromatic rings. The van der Waals surface area contributed by atoms with E-state index in [1.165, 1.54) is 12.8 Å². The van der Waals surface area contributed by atoms with Gasteiger partial charge in [0.15, 0.2) is 0 Å². The zero-order valence-corrected chi connectivity index (χ0v) is 12.9. The lowest BCUT2D eigenvalue weighted by Crippen LogP contribution is -2.35. The first-order valence-corrected chi connectivity index (χ1v) is 7.58. The largest absolute Gasteiger partial charge is 0.352 e. The van der Waals surface area contributed by atoms with Gasteiger partial charge in [0.1, 0.15) is 5.38 Å². The number of alkyl halides is 1. The first-order valence-electron chi connectivity index (χ1n) is 5.97. The summed E-state index contributed by atoms with van der Waals surface area (Å²) in [5, 5.41) is 2.75. The minimum atomic E-state index is -0.730. The van der Waals surface area contributed by atoms with Crippen LogP contribution in [0.15, 0.2) is 22.7 Å². The molecule has 2 nitrogen and oxygen atoms in total. The van der Waals surface area contributed by atoms with Crippen molar-refractivity contribution >= 4 is 45.0 Å². The average Bonchev–Trinajstić information content (AvgIpc) is 2.81. The molecule has 0 saturated heterocycles. The fourth-order valence-corrected chi connectivity index (χ4v) is 3.28. The molecule has 1 amide bonds. The van der Waals surface area contributed by atoms with Crippen LogP contribution in [-0.4, -0.2) is 11.9 Å². The Kier molecular flexibility index (Phi) is 4.93. The fourth-order valence-electron chi connectivity index (χ4n) is 2.19. The minimum absolute atomic E-state index is 0.159. The summed E-state index contributed by atoms with van der Waals surface area (Å²) < 4.78 is 0.872. The lowest BCUT2D eigenvalue weighted by molar-refractivity contribution is -0.121. The quantitative estimate of drug-likeness (QED) is 0.802. The van der Waals surface area contributed by atoms with Crippen molar-refractivity contribution in [3.05, 3.63) is 33.3 Å². The van der Waals surface area contributed by atoms with Crippen molar-refractivity contribution in [2.24, 2.45) is 0 Å². The van der Waals surface area contributed by atoms with Gasteiger partial charge in [0.25, 0.3) is 0 Å². The molecule has 0 heterocycles. The summed E-state index contributed by atoms with van der Waals surface area (Å²) in [4.78, 5) is 12.0. The Morgan fingerprint density at radius 2 is 2.06 bits per heavy atom. The lowest BCUT2D eigenvalue weighted by atomic mass is 10.1. The highest BCUT2D eigenvalue weighted by atomic mass is 79.9. The number of hydrogen-bond acceptors (Lipinski definition) is 1. The second-order valence-corrected chi connectivity index (χ2v) is 6.28. The van der Waals surface area contributed by atoms with E-state index in [1.807, 2.05) is 6.07 Å². The molecule has 0 bridgehead atoms. The van der Waals surface area contributed by atoms with E-state index in [4.69, 9.17) is 23.2 Å². The molecule has 0 aliphatic heterocycles. The van der Waals surface area contributed by atoms with Crippen molar-refractivity contribution in [2.45, 2.75) is 37.1 Å². The zero-order valence-electron chi connectivity index (χ0n) is 9.76. The first-order chi connectivity index (χ1) is 8.58. The summed E-state index contributed by atoms with van der Waals surface area (Å²) in [6, 6.07) is 5.63. The van der Waals surface area contributed by atoms with Gasteiger partial charge in [0.2, 0.25) is 5.91 Å². The molecule has 18 heavy (non-hydrogen) atoms. The summed E-state index contributed by atoms with van der Waals surface area (Å²) in [7, 11) is 0. The monoisotopic (exact) mass is 349 g/mol. The molecule has 1 unspecified atom stereocenters. The molecule has 1 aliphatic carbocycles. The third-order valence-electron chi connectivity index (χ3n) is 3.17. The number of carbonyl (C=O) groups excluding carboxylic acids is 1. The number of nitrogens with one attached hydrogen (secondary N) is 1. The standard InChI is InChI=1S/C13H14BrCl2NO/c14-8-5-6-10(11(15)7-8)12(16)13(18)17-9-3-1-2-4-9/h5-7,9,12H,1-4H2,(H,17,18). The van der Waals surface area contributed by atoms with Crippen LogP contribution in [0, 0.1) is 0 Å². The predicted molar refractivity (Wildman–Crippen MR) is 78.1 cm³/mol. The van der Waals surface area contributed by atoms with Gasteiger partial charge in [-0.3, -0.25) is 4.79 Å². The van der Waals surface area contributed by atoms with Gasteiger partial charge in [-0.1, -0.05) is 46.4 Å². The van der Waals surface area contributed by atoms with Crippen molar-refractivity contribution in [3.8, 4) is 0 Å². The van der Waals surface area contributed by atoms with Gasteiger partial charge in [-0.05, 0) is 30.5 Å². The third kappa shape index (κ3) is 3.40. The van der Waals surface area contributed by atoms with Gasteiger partial charge < -0.3 is 5.32 Å².